The Hall–Kier alpha value is -2.33. The second-order valence-corrected chi connectivity index (χ2v) is 5.79. The van der Waals surface area contributed by atoms with Gasteiger partial charge in [-0.3, -0.25) is 9.59 Å². The Balaban J connectivity index is 1.98. The van der Waals surface area contributed by atoms with Crippen LogP contribution in [0.15, 0.2) is 48.5 Å². The Morgan fingerprint density at radius 2 is 1.83 bits per heavy atom. The summed E-state index contributed by atoms with van der Waals surface area (Å²) in [6.07, 6.45) is 0. The Morgan fingerprint density at radius 3 is 2.43 bits per heavy atom. The van der Waals surface area contributed by atoms with Gasteiger partial charge in [0.15, 0.2) is 0 Å². The summed E-state index contributed by atoms with van der Waals surface area (Å²) >= 11 is 5.97. The maximum Gasteiger partial charge on any atom is 0.251 e. The van der Waals surface area contributed by atoms with Gasteiger partial charge in [0.2, 0.25) is 5.91 Å². The molecule has 2 amide bonds. The van der Waals surface area contributed by atoms with Crippen molar-refractivity contribution in [1.82, 2.24) is 10.6 Å². The van der Waals surface area contributed by atoms with E-state index in [0.29, 0.717) is 17.1 Å². The average molecular weight is 331 g/mol. The first kappa shape index (κ1) is 17.0. The van der Waals surface area contributed by atoms with Gasteiger partial charge in [-0.2, -0.15) is 0 Å². The zero-order chi connectivity index (χ0) is 16.8. The van der Waals surface area contributed by atoms with Gasteiger partial charge in [0.05, 0.1) is 6.04 Å². The fourth-order valence-electron chi connectivity index (χ4n) is 2.14. The van der Waals surface area contributed by atoms with E-state index in [2.05, 4.69) is 10.6 Å². The molecule has 0 radical (unpaired) electrons. The largest absolute Gasteiger partial charge is 0.352 e. The third kappa shape index (κ3) is 5.11. The van der Waals surface area contributed by atoms with Crippen molar-refractivity contribution >= 4 is 23.4 Å². The van der Waals surface area contributed by atoms with Crippen LogP contribution in [0.3, 0.4) is 0 Å². The minimum atomic E-state index is -0.149. The van der Waals surface area contributed by atoms with E-state index in [1.54, 1.807) is 18.2 Å². The molecule has 2 N–H and O–H groups in total. The van der Waals surface area contributed by atoms with Gasteiger partial charge in [-0.1, -0.05) is 35.9 Å². The lowest BCUT2D eigenvalue weighted by Gasteiger charge is -2.15. The Labute approximate surface area is 140 Å². The van der Waals surface area contributed by atoms with Crippen molar-refractivity contribution in [3.05, 3.63) is 70.2 Å². The highest BCUT2D eigenvalue weighted by Crippen LogP contribution is 2.18. The molecule has 5 heteroatoms. The summed E-state index contributed by atoms with van der Waals surface area (Å²) in [5.41, 5.74) is 2.47. The lowest BCUT2D eigenvalue weighted by atomic mass is 10.1. The minimum absolute atomic E-state index is 0.0813. The summed E-state index contributed by atoms with van der Waals surface area (Å²) in [6.45, 7) is 3.84. The number of rotatable bonds is 5. The molecule has 0 heterocycles. The van der Waals surface area contributed by atoms with Gasteiger partial charge in [-0.25, -0.2) is 0 Å². The van der Waals surface area contributed by atoms with Crippen molar-refractivity contribution in [3.8, 4) is 0 Å². The van der Waals surface area contributed by atoms with Crippen molar-refractivity contribution in [3.63, 3.8) is 0 Å². The molecule has 0 fully saturated rings. The van der Waals surface area contributed by atoms with Gasteiger partial charge < -0.3 is 10.6 Å². The summed E-state index contributed by atoms with van der Waals surface area (Å²) in [6, 6.07) is 14.4. The number of hydrogen-bond donors (Lipinski definition) is 2. The number of carbonyl (C=O) groups excluding carboxylic acids is 2. The second kappa shape index (κ2) is 7.79. The summed E-state index contributed by atoms with van der Waals surface area (Å²) < 4.78 is 0. The van der Waals surface area contributed by atoms with Crippen LogP contribution in [-0.4, -0.2) is 11.8 Å². The first-order chi connectivity index (χ1) is 11.0. The van der Waals surface area contributed by atoms with E-state index in [0.717, 1.165) is 11.1 Å². The zero-order valence-electron chi connectivity index (χ0n) is 13.1. The fourth-order valence-corrected chi connectivity index (χ4v) is 2.34. The predicted octanol–water partition coefficient (Wildman–Crippen LogP) is 3.47. The number of benzene rings is 2. The van der Waals surface area contributed by atoms with E-state index in [1.165, 1.54) is 6.92 Å². The van der Waals surface area contributed by atoms with E-state index in [1.807, 2.05) is 37.3 Å². The van der Waals surface area contributed by atoms with Crippen LogP contribution < -0.4 is 10.6 Å². The minimum Gasteiger partial charge on any atom is -0.352 e. The molecular weight excluding hydrogens is 312 g/mol. The van der Waals surface area contributed by atoms with Crippen molar-refractivity contribution in [1.29, 1.82) is 0 Å². The Kier molecular flexibility index (Phi) is 5.77. The van der Waals surface area contributed by atoms with Gasteiger partial charge in [0.25, 0.3) is 5.91 Å². The summed E-state index contributed by atoms with van der Waals surface area (Å²) in [4.78, 5) is 23.2. The molecule has 2 rings (SSSR count). The maximum atomic E-state index is 12.3. The van der Waals surface area contributed by atoms with Crippen LogP contribution in [0, 0.1) is 0 Å². The van der Waals surface area contributed by atoms with Crippen LogP contribution in [0.2, 0.25) is 5.02 Å². The molecule has 0 aliphatic rings. The van der Waals surface area contributed by atoms with Crippen LogP contribution in [0.5, 0.6) is 0 Å². The van der Waals surface area contributed by atoms with E-state index < -0.39 is 0 Å². The number of halogens is 1. The topological polar surface area (TPSA) is 58.2 Å². The number of carbonyl (C=O) groups is 2. The number of amides is 2. The van der Waals surface area contributed by atoms with Crippen molar-refractivity contribution in [2.24, 2.45) is 0 Å². The molecule has 23 heavy (non-hydrogen) atoms. The second-order valence-electron chi connectivity index (χ2n) is 5.36. The molecule has 120 valence electrons. The normalized spacial score (nSPS) is 11.6. The van der Waals surface area contributed by atoms with E-state index in [9.17, 15) is 9.59 Å². The molecule has 1 atom stereocenters. The van der Waals surface area contributed by atoms with Crippen LogP contribution in [0.1, 0.15) is 41.4 Å². The summed E-state index contributed by atoms with van der Waals surface area (Å²) in [7, 11) is 0. The third-order valence-corrected chi connectivity index (χ3v) is 3.69. The van der Waals surface area contributed by atoms with E-state index >= 15 is 0 Å². The standard InChI is InChI=1S/C18H19ClN2O2/c1-12(16-4-3-5-17(19)10-16)21-18(23)15-8-6-14(7-9-15)11-20-13(2)22/h3-10,12H,11H2,1-2H3,(H,20,22)(H,21,23). The van der Waals surface area contributed by atoms with E-state index in [-0.39, 0.29) is 17.9 Å². The molecule has 0 spiro atoms. The van der Waals surface area contributed by atoms with Gasteiger partial charge in [-0.15, -0.1) is 0 Å². The first-order valence-electron chi connectivity index (χ1n) is 7.35. The van der Waals surface area contributed by atoms with E-state index in [4.69, 9.17) is 11.6 Å². The van der Waals surface area contributed by atoms with Gasteiger partial charge in [-0.05, 0) is 42.3 Å². The fraction of sp³-hybridized carbons (Fsp3) is 0.222. The van der Waals surface area contributed by atoms with Gasteiger partial charge in [0.1, 0.15) is 0 Å². The molecule has 0 saturated heterocycles. The Bertz CT molecular complexity index is 698. The highest BCUT2D eigenvalue weighted by Gasteiger charge is 2.11. The first-order valence-corrected chi connectivity index (χ1v) is 7.73. The van der Waals surface area contributed by atoms with Crippen LogP contribution in [0.4, 0.5) is 0 Å². The quantitative estimate of drug-likeness (QED) is 0.882. The Morgan fingerprint density at radius 1 is 1.13 bits per heavy atom. The average Bonchev–Trinajstić information content (AvgIpc) is 2.53. The van der Waals surface area contributed by atoms with Crippen LogP contribution >= 0.6 is 11.6 Å². The summed E-state index contributed by atoms with van der Waals surface area (Å²) in [5, 5.41) is 6.30. The molecule has 1 unspecified atom stereocenters. The third-order valence-electron chi connectivity index (χ3n) is 3.45. The lowest BCUT2D eigenvalue weighted by Crippen LogP contribution is -2.26. The molecular formula is C18H19ClN2O2. The highest BCUT2D eigenvalue weighted by molar-refractivity contribution is 6.30. The van der Waals surface area contributed by atoms with Crippen LogP contribution in [-0.2, 0) is 11.3 Å². The van der Waals surface area contributed by atoms with Crippen LogP contribution in [0.25, 0.3) is 0 Å². The van der Waals surface area contributed by atoms with Crippen molar-refractivity contribution in [2.45, 2.75) is 26.4 Å². The molecule has 2 aromatic carbocycles. The smallest absolute Gasteiger partial charge is 0.251 e. The maximum absolute atomic E-state index is 12.3. The highest BCUT2D eigenvalue weighted by atomic mass is 35.5. The predicted molar refractivity (Wildman–Crippen MR) is 91.3 cm³/mol. The molecule has 0 aliphatic heterocycles. The molecule has 0 saturated carbocycles. The monoisotopic (exact) mass is 330 g/mol. The number of nitrogens with one attached hydrogen (secondary N) is 2. The number of hydrogen-bond acceptors (Lipinski definition) is 2. The SMILES string of the molecule is CC(=O)NCc1ccc(C(=O)NC(C)c2cccc(Cl)c2)cc1. The van der Waals surface area contributed by atoms with Crippen molar-refractivity contribution < 1.29 is 9.59 Å². The molecule has 0 bridgehead atoms. The summed E-state index contributed by atoms with van der Waals surface area (Å²) in [5.74, 6) is -0.231. The van der Waals surface area contributed by atoms with Gasteiger partial charge >= 0.3 is 0 Å². The molecule has 2 aromatic rings. The van der Waals surface area contributed by atoms with Crippen molar-refractivity contribution in [2.75, 3.05) is 0 Å². The molecule has 0 aromatic heterocycles. The zero-order valence-corrected chi connectivity index (χ0v) is 13.9. The molecule has 4 nitrogen and oxygen atoms in total. The lowest BCUT2D eigenvalue weighted by molar-refractivity contribution is -0.119. The molecule has 0 aliphatic carbocycles. The van der Waals surface area contributed by atoms with Gasteiger partial charge in [0, 0.05) is 24.1 Å².